The van der Waals surface area contributed by atoms with Crippen LogP contribution in [-0.4, -0.2) is 56.8 Å². The summed E-state index contributed by atoms with van der Waals surface area (Å²) in [5.41, 5.74) is 11.9. The average Bonchev–Trinajstić information content (AvgIpc) is 2.86. The fraction of sp³-hybridized carbons (Fsp3) is 0.407. The van der Waals surface area contributed by atoms with E-state index >= 15 is 0 Å². The molecule has 1 aliphatic heterocycles. The van der Waals surface area contributed by atoms with E-state index in [0.29, 0.717) is 11.6 Å². The molecule has 1 fully saturated rings. The van der Waals surface area contributed by atoms with E-state index < -0.39 is 0 Å². The molecule has 1 saturated heterocycles. The molecular formula is C27H34N6O. The van der Waals surface area contributed by atoms with Gasteiger partial charge < -0.3 is 25.6 Å². The van der Waals surface area contributed by atoms with Crippen LogP contribution < -0.4 is 20.7 Å². The van der Waals surface area contributed by atoms with Gasteiger partial charge in [0.05, 0.1) is 29.6 Å². The van der Waals surface area contributed by atoms with Gasteiger partial charge >= 0.3 is 0 Å². The van der Waals surface area contributed by atoms with Crippen molar-refractivity contribution in [3.8, 4) is 11.8 Å². The lowest BCUT2D eigenvalue weighted by molar-refractivity contribution is 0.199. The van der Waals surface area contributed by atoms with Crippen LogP contribution in [0.1, 0.15) is 29.5 Å². The molecule has 34 heavy (non-hydrogen) atoms. The van der Waals surface area contributed by atoms with Crippen LogP contribution in [-0.2, 0) is 13.0 Å². The molecule has 7 nitrogen and oxygen atoms in total. The molecule has 0 radical (unpaired) electrons. The Morgan fingerprint density at radius 3 is 2.68 bits per heavy atom. The third-order valence-electron chi connectivity index (χ3n) is 6.74. The van der Waals surface area contributed by atoms with Crippen molar-refractivity contribution in [3.63, 3.8) is 0 Å². The van der Waals surface area contributed by atoms with E-state index in [4.69, 9.17) is 10.5 Å². The lowest BCUT2D eigenvalue weighted by atomic mass is 9.99. The number of nitrogens with zero attached hydrogens (tertiary/aromatic N) is 4. The molecule has 3 N–H and O–H groups in total. The number of nitriles is 1. The van der Waals surface area contributed by atoms with Crippen LogP contribution in [0.3, 0.4) is 0 Å². The molecule has 2 aromatic carbocycles. The van der Waals surface area contributed by atoms with E-state index in [1.165, 1.54) is 5.56 Å². The Hall–Kier alpha value is -3.34. The maximum absolute atomic E-state index is 9.64. The molecule has 0 spiro atoms. The first-order valence-electron chi connectivity index (χ1n) is 11.9. The number of anilines is 2. The minimum Gasteiger partial charge on any atom is -0.497 e. The Morgan fingerprint density at radius 2 is 2.00 bits per heavy atom. The number of nitrogens with one attached hydrogen (secondary N) is 1. The van der Waals surface area contributed by atoms with E-state index in [-0.39, 0.29) is 0 Å². The zero-order valence-corrected chi connectivity index (χ0v) is 20.3. The Balaban J connectivity index is 1.31. The first-order chi connectivity index (χ1) is 16.5. The summed E-state index contributed by atoms with van der Waals surface area (Å²) in [7, 11) is 5.67. The summed E-state index contributed by atoms with van der Waals surface area (Å²) in [6, 6.07) is 15.0. The maximum Gasteiger partial charge on any atom is 0.119 e. The standard InChI is InChI=1S/C27H34N6O/c1-32(2)27-7-4-19(14-25(27)29)17-30-21-8-11-33(12-9-21)13-10-23-20(16-28)18-31-26-6-5-22(34-3)15-24(23)26/h4-7,14-15,18,21,30H,8-13,17,29H2,1-3H3. The number of aromatic nitrogens is 1. The summed E-state index contributed by atoms with van der Waals surface area (Å²) < 4.78 is 5.40. The number of hydrogen-bond donors (Lipinski definition) is 2. The molecule has 2 heterocycles. The van der Waals surface area contributed by atoms with E-state index in [1.807, 2.05) is 37.2 Å². The zero-order chi connectivity index (χ0) is 24.1. The van der Waals surface area contributed by atoms with Gasteiger partial charge in [-0.3, -0.25) is 4.98 Å². The summed E-state index contributed by atoms with van der Waals surface area (Å²) in [4.78, 5) is 8.98. The SMILES string of the molecule is COc1ccc2ncc(C#N)c(CCN3CCC(NCc4ccc(N(C)C)c(N)c4)CC3)c2c1. The summed E-state index contributed by atoms with van der Waals surface area (Å²) in [5, 5.41) is 14.3. The van der Waals surface area contributed by atoms with Gasteiger partial charge in [0, 0.05) is 44.8 Å². The molecule has 0 saturated carbocycles. The Kier molecular flexibility index (Phi) is 7.51. The van der Waals surface area contributed by atoms with Crippen LogP contribution in [0.25, 0.3) is 10.9 Å². The Morgan fingerprint density at radius 1 is 1.21 bits per heavy atom. The van der Waals surface area contributed by atoms with Crippen molar-refractivity contribution in [2.24, 2.45) is 0 Å². The summed E-state index contributed by atoms with van der Waals surface area (Å²) in [5.74, 6) is 0.788. The number of likely N-dealkylation sites (tertiary alicyclic amines) is 1. The second kappa shape index (κ2) is 10.7. The molecule has 0 amide bonds. The highest BCUT2D eigenvalue weighted by Crippen LogP contribution is 2.26. The third-order valence-corrected chi connectivity index (χ3v) is 6.74. The number of piperidine rings is 1. The number of rotatable bonds is 8. The van der Waals surface area contributed by atoms with Crippen molar-refractivity contribution < 1.29 is 4.74 Å². The number of ether oxygens (including phenoxy) is 1. The predicted molar refractivity (Wildman–Crippen MR) is 138 cm³/mol. The van der Waals surface area contributed by atoms with Crippen LogP contribution >= 0.6 is 0 Å². The quantitative estimate of drug-likeness (QED) is 0.499. The highest BCUT2D eigenvalue weighted by Gasteiger charge is 2.20. The van der Waals surface area contributed by atoms with Gasteiger partial charge in [0.15, 0.2) is 0 Å². The van der Waals surface area contributed by atoms with Crippen molar-refractivity contribution in [3.05, 3.63) is 59.3 Å². The van der Waals surface area contributed by atoms with E-state index in [9.17, 15) is 5.26 Å². The lowest BCUT2D eigenvalue weighted by Gasteiger charge is -2.32. The minimum atomic E-state index is 0.506. The van der Waals surface area contributed by atoms with Gasteiger partial charge in [-0.15, -0.1) is 0 Å². The van der Waals surface area contributed by atoms with Gasteiger partial charge in [-0.2, -0.15) is 5.26 Å². The molecule has 4 rings (SSSR count). The van der Waals surface area contributed by atoms with Crippen LogP contribution in [0.4, 0.5) is 11.4 Å². The smallest absolute Gasteiger partial charge is 0.119 e. The van der Waals surface area contributed by atoms with Crippen molar-refractivity contribution >= 4 is 22.3 Å². The van der Waals surface area contributed by atoms with Gasteiger partial charge in [0.2, 0.25) is 0 Å². The number of hydrogen-bond acceptors (Lipinski definition) is 7. The van der Waals surface area contributed by atoms with Crippen LogP contribution in [0.5, 0.6) is 5.75 Å². The molecule has 1 aliphatic rings. The summed E-state index contributed by atoms with van der Waals surface area (Å²) in [6.07, 6.45) is 4.74. The van der Waals surface area contributed by atoms with Gasteiger partial charge in [0.25, 0.3) is 0 Å². The zero-order valence-electron chi connectivity index (χ0n) is 20.3. The van der Waals surface area contributed by atoms with Gasteiger partial charge in [-0.25, -0.2) is 0 Å². The number of methoxy groups -OCH3 is 1. The second-order valence-corrected chi connectivity index (χ2v) is 9.18. The molecule has 0 aliphatic carbocycles. The largest absolute Gasteiger partial charge is 0.497 e. The molecule has 3 aromatic rings. The molecule has 7 heteroatoms. The van der Waals surface area contributed by atoms with Crippen molar-refractivity contribution in [1.82, 2.24) is 15.2 Å². The second-order valence-electron chi connectivity index (χ2n) is 9.18. The number of nitrogen functional groups attached to an aromatic ring is 1. The van der Waals surface area contributed by atoms with Gasteiger partial charge in [-0.05, 0) is 73.8 Å². The Labute approximate surface area is 202 Å². The van der Waals surface area contributed by atoms with E-state index in [1.54, 1.807) is 13.3 Å². The monoisotopic (exact) mass is 458 g/mol. The Bertz CT molecular complexity index is 1180. The molecular weight excluding hydrogens is 424 g/mol. The highest BCUT2D eigenvalue weighted by atomic mass is 16.5. The van der Waals surface area contributed by atoms with Gasteiger partial charge in [0.1, 0.15) is 11.8 Å². The average molecular weight is 459 g/mol. The molecule has 1 aromatic heterocycles. The van der Waals surface area contributed by atoms with Crippen molar-refractivity contribution in [1.29, 1.82) is 5.26 Å². The molecule has 0 unspecified atom stereocenters. The fourth-order valence-electron chi connectivity index (χ4n) is 4.73. The first kappa shape index (κ1) is 23.8. The van der Waals surface area contributed by atoms with E-state index in [2.05, 4.69) is 39.5 Å². The summed E-state index contributed by atoms with van der Waals surface area (Å²) in [6.45, 7) is 3.86. The number of pyridine rings is 1. The predicted octanol–water partition coefficient (Wildman–Crippen LogP) is 3.56. The summed E-state index contributed by atoms with van der Waals surface area (Å²) >= 11 is 0. The maximum atomic E-state index is 9.64. The van der Waals surface area contributed by atoms with Crippen molar-refractivity contribution in [2.45, 2.75) is 31.8 Å². The van der Waals surface area contributed by atoms with Crippen LogP contribution in [0, 0.1) is 11.3 Å². The van der Waals surface area contributed by atoms with Crippen LogP contribution in [0.15, 0.2) is 42.6 Å². The molecule has 0 bridgehead atoms. The molecule has 0 atom stereocenters. The normalized spacial score (nSPS) is 14.8. The minimum absolute atomic E-state index is 0.506. The van der Waals surface area contributed by atoms with E-state index in [0.717, 1.165) is 79.0 Å². The lowest BCUT2D eigenvalue weighted by Crippen LogP contribution is -2.42. The number of benzene rings is 2. The molecule has 178 valence electrons. The topological polar surface area (TPSA) is 90.4 Å². The number of fused-ring (bicyclic) bond motifs is 1. The van der Waals surface area contributed by atoms with Crippen LogP contribution in [0.2, 0.25) is 0 Å². The third kappa shape index (κ3) is 5.41. The fourth-order valence-corrected chi connectivity index (χ4v) is 4.73. The van der Waals surface area contributed by atoms with Crippen molar-refractivity contribution in [2.75, 3.05) is 51.5 Å². The van der Waals surface area contributed by atoms with Gasteiger partial charge in [-0.1, -0.05) is 6.07 Å². The first-order valence-corrected chi connectivity index (χ1v) is 11.9. The highest BCUT2D eigenvalue weighted by molar-refractivity contribution is 5.85. The number of nitrogens with two attached hydrogens (primary N) is 1.